The van der Waals surface area contributed by atoms with Crippen molar-refractivity contribution in [1.82, 2.24) is 0 Å². The van der Waals surface area contributed by atoms with Crippen molar-refractivity contribution in [1.29, 1.82) is 5.26 Å². The van der Waals surface area contributed by atoms with Crippen LogP contribution in [0.2, 0.25) is 5.02 Å². The molecule has 0 aromatic heterocycles. The Balaban J connectivity index is 1.72. The maximum absolute atomic E-state index is 8.96. The first kappa shape index (κ1) is 12.8. The summed E-state index contributed by atoms with van der Waals surface area (Å²) in [7, 11) is 0. The molecule has 0 radical (unpaired) electrons. The molecule has 1 aliphatic heterocycles. The Hall–Kier alpha value is -2.18. The molecule has 0 spiro atoms. The first-order valence-electron chi connectivity index (χ1n) is 6.44. The number of nitrogens with one attached hydrogen (secondary N) is 1. The van der Waals surface area contributed by atoms with E-state index < -0.39 is 0 Å². The molecule has 20 heavy (non-hydrogen) atoms. The highest BCUT2D eigenvalue weighted by molar-refractivity contribution is 6.31. The fraction of sp³-hybridized carbons (Fsp3) is 0.188. The Morgan fingerprint density at radius 1 is 1.25 bits per heavy atom. The first-order chi connectivity index (χ1) is 9.76. The average molecular weight is 285 g/mol. The van der Waals surface area contributed by atoms with Gasteiger partial charge >= 0.3 is 0 Å². The standard InChI is InChI=1S/C16H13ClN2O/c17-15-3-2-14(8-13(15)9-18)19-10-11-1-4-16-12(7-11)5-6-20-16/h1-4,7-8,19H,5-6,10H2. The van der Waals surface area contributed by atoms with Crippen LogP contribution in [-0.4, -0.2) is 6.61 Å². The first-order valence-corrected chi connectivity index (χ1v) is 6.82. The molecule has 1 heterocycles. The molecule has 0 fully saturated rings. The lowest BCUT2D eigenvalue weighted by atomic mass is 10.1. The zero-order valence-electron chi connectivity index (χ0n) is 10.8. The highest BCUT2D eigenvalue weighted by Crippen LogP contribution is 2.26. The van der Waals surface area contributed by atoms with Crippen LogP contribution in [0, 0.1) is 11.3 Å². The van der Waals surface area contributed by atoms with E-state index in [1.807, 2.05) is 12.1 Å². The summed E-state index contributed by atoms with van der Waals surface area (Å²) in [6, 6.07) is 13.7. The van der Waals surface area contributed by atoms with E-state index in [4.69, 9.17) is 21.6 Å². The lowest BCUT2D eigenvalue weighted by Gasteiger charge is -2.08. The van der Waals surface area contributed by atoms with E-state index in [9.17, 15) is 0 Å². The molecule has 0 amide bonds. The number of hydrogen-bond donors (Lipinski definition) is 1. The lowest BCUT2D eigenvalue weighted by molar-refractivity contribution is 0.357. The number of nitriles is 1. The number of nitrogens with zero attached hydrogens (tertiary/aromatic N) is 1. The molecule has 0 atom stereocenters. The van der Waals surface area contributed by atoms with Crippen molar-refractivity contribution in [2.24, 2.45) is 0 Å². The molecule has 3 rings (SSSR count). The van der Waals surface area contributed by atoms with Crippen LogP contribution in [-0.2, 0) is 13.0 Å². The van der Waals surface area contributed by atoms with Crippen molar-refractivity contribution in [2.75, 3.05) is 11.9 Å². The van der Waals surface area contributed by atoms with Crippen LogP contribution in [0.5, 0.6) is 5.75 Å². The summed E-state index contributed by atoms with van der Waals surface area (Å²) in [6.45, 7) is 1.48. The predicted octanol–water partition coefficient (Wildman–Crippen LogP) is 3.76. The Kier molecular flexibility index (Phi) is 3.49. The van der Waals surface area contributed by atoms with E-state index in [1.54, 1.807) is 12.1 Å². The molecule has 0 unspecified atom stereocenters. The number of anilines is 1. The van der Waals surface area contributed by atoms with Gasteiger partial charge in [0.15, 0.2) is 0 Å². The summed E-state index contributed by atoms with van der Waals surface area (Å²) in [6.07, 6.45) is 0.975. The molecule has 4 heteroatoms. The highest BCUT2D eigenvalue weighted by Gasteiger charge is 2.11. The van der Waals surface area contributed by atoms with Crippen molar-refractivity contribution in [3.05, 3.63) is 58.1 Å². The number of benzene rings is 2. The summed E-state index contributed by atoms with van der Waals surface area (Å²) in [5.74, 6) is 0.993. The van der Waals surface area contributed by atoms with Gasteiger partial charge in [0.25, 0.3) is 0 Å². The van der Waals surface area contributed by atoms with E-state index in [0.717, 1.165) is 24.5 Å². The van der Waals surface area contributed by atoms with E-state index in [-0.39, 0.29) is 0 Å². The van der Waals surface area contributed by atoms with Gasteiger partial charge in [-0.25, -0.2) is 0 Å². The van der Waals surface area contributed by atoms with Crippen LogP contribution in [0.1, 0.15) is 16.7 Å². The van der Waals surface area contributed by atoms with E-state index in [2.05, 4.69) is 23.5 Å². The van der Waals surface area contributed by atoms with E-state index in [0.29, 0.717) is 17.1 Å². The van der Waals surface area contributed by atoms with Crippen LogP contribution in [0.3, 0.4) is 0 Å². The topological polar surface area (TPSA) is 45.0 Å². The minimum Gasteiger partial charge on any atom is -0.493 e. The monoisotopic (exact) mass is 284 g/mol. The molecule has 3 nitrogen and oxygen atoms in total. The molecular formula is C16H13ClN2O. The highest BCUT2D eigenvalue weighted by atomic mass is 35.5. The van der Waals surface area contributed by atoms with Crippen molar-refractivity contribution in [2.45, 2.75) is 13.0 Å². The average Bonchev–Trinajstić information content (AvgIpc) is 2.94. The molecule has 0 saturated carbocycles. The summed E-state index contributed by atoms with van der Waals surface area (Å²) < 4.78 is 5.49. The molecule has 0 aliphatic carbocycles. The molecule has 100 valence electrons. The van der Waals surface area contributed by atoms with Gasteiger partial charge in [-0.1, -0.05) is 23.7 Å². The molecule has 0 bridgehead atoms. The van der Waals surface area contributed by atoms with Crippen molar-refractivity contribution < 1.29 is 4.74 Å². The lowest BCUT2D eigenvalue weighted by Crippen LogP contribution is -2.00. The van der Waals surface area contributed by atoms with Crippen LogP contribution in [0.4, 0.5) is 5.69 Å². The Labute approximate surface area is 122 Å². The molecule has 2 aromatic rings. The van der Waals surface area contributed by atoms with Crippen LogP contribution < -0.4 is 10.1 Å². The number of fused-ring (bicyclic) bond motifs is 1. The maximum Gasteiger partial charge on any atom is 0.122 e. The van der Waals surface area contributed by atoms with E-state index in [1.165, 1.54) is 11.1 Å². The number of rotatable bonds is 3. The van der Waals surface area contributed by atoms with Gasteiger partial charge in [-0.3, -0.25) is 0 Å². The SMILES string of the molecule is N#Cc1cc(NCc2ccc3c(c2)CCO3)ccc1Cl. The van der Waals surface area contributed by atoms with Crippen LogP contribution >= 0.6 is 11.6 Å². The quantitative estimate of drug-likeness (QED) is 0.933. The zero-order chi connectivity index (χ0) is 13.9. The van der Waals surface area contributed by atoms with Gasteiger partial charge in [-0.05, 0) is 35.4 Å². The third kappa shape index (κ3) is 2.56. The third-order valence-electron chi connectivity index (χ3n) is 3.34. The Morgan fingerprint density at radius 2 is 2.15 bits per heavy atom. The number of hydrogen-bond acceptors (Lipinski definition) is 3. The Bertz CT molecular complexity index is 691. The fourth-order valence-electron chi connectivity index (χ4n) is 2.27. The normalized spacial score (nSPS) is 12.4. The molecule has 1 aliphatic rings. The fourth-order valence-corrected chi connectivity index (χ4v) is 2.43. The summed E-state index contributed by atoms with van der Waals surface area (Å²) in [4.78, 5) is 0. The summed E-state index contributed by atoms with van der Waals surface area (Å²) >= 11 is 5.91. The van der Waals surface area contributed by atoms with Gasteiger partial charge in [0.05, 0.1) is 17.2 Å². The second-order valence-electron chi connectivity index (χ2n) is 4.70. The number of ether oxygens (including phenoxy) is 1. The second kappa shape index (κ2) is 5.44. The second-order valence-corrected chi connectivity index (χ2v) is 5.11. The van der Waals surface area contributed by atoms with Gasteiger partial charge in [0.1, 0.15) is 11.8 Å². The molecule has 2 aromatic carbocycles. The van der Waals surface area contributed by atoms with Crippen molar-refractivity contribution >= 4 is 17.3 Å². The Morgan fingerprint density at radius 3 is 3.00 bits per heavy atom. The minimum atomic E-state index is 0.479. The largest absolute Gasteiger partial charge is 0.493 e. The maximum atomic E-state index is 8.96. The summed E-state index contributed by atoms with van der Waals surface area (Å²) in [5, 5.41) is 12.7. The molecule has 0 saturated heterocycles. The summed E-state index contributed by atoms with van der Waals surface area (Å²) in [5.41, 5.74) is 3.84. The van der Waals surface area contributed by atoms with Gasteiger partial charge in [-0.15, -0.1) is 0 Å². The van der Waals surface area contributed by atoms with Gasteiger partial charge in [-0.2, -0.15) is 5.26 Å². The number of halogens is 1. The third-order valence-corrected chi connectivity index (χ3v) is 3.67. The minimum absolute atomic E-state index is 0.479. The predicted molar refractivity (Wildman–Crippen MR) is 79.1 cm³/mol. The van der Waals surface area contributed by atoms with Gasteiger partial charge in [0.2, 0.25) is 0 Å². The van der Waals surface area contributed by atoms with Crippen molar-refractivity contribution in [3.8, 4) is 11.8 Å². The zero-order valence-corrected chi connectivity index (χ0v) is 11.6. The van der Waals surface area contributed by atoms with E-state index >= 15 is 0 Å². The molecular weight excluding hydrogens is 272 g/mol. The van der Waals surface area contributed by atoms with Gasteiger partial charge < -0.3 is 10.1 Å². The van der Waals surface area contributed by atoms with Crippen LogP contribution in [0.15, 0.2) is 36.4 Å². The van der Waals surface area contributed by atoms with Crippen molar-refractivity contribution in [3.63, 3.8) is 0 Å². The molecule has 1 N–H and O–H groups in total. The van der Waals surface area contributed by atoms with Gasteiger partial charge in [0, 0.05) is 18.7 Å². The van der Waals surface area contributed by atoms with Crippen LogP contribution in [0.25, 0.3) is 0 Å². The smallest absolute Gasteiger partial charge is 0.122 e.